The quantitative estimate of drug-likeness (QED) is 0.698. The number of hydrogen-bond acceptors (Lipinski definition) is 2. The van der Waals surface area contributed by atoms with Crippen LogP contribution in [-0.2, 0) is 10.0 Å². The maximum atomic E-state index is 13.0. The van der Waals surface area contributed by atoms with E-state index in [0.29, 0.717) is 23.3 Å². The molecule has 0 heterocycles. The first kappa shape index (κ1) is 19.2. The minimum atomic E-state index is -3.42. The van der Waals surface area contributed by atoms with Gasteiger partial charge in [-0.3, -0.25) is 0 Å². The van der Waals surface area contributed by atoms with Gasteiger partial charge in [0.15, 0.2) is 0 Å². The van der Waals surface area contributed by atoms with Gasteiger partial charge in [0.25, 0.3) is 0 Å². The van der Waals surface area contributed by atoms with Crippen molar-refractivity contribution in [1.29, 1.82) is 0 Å². The second-order valence-corrected chi connectivity index (χ2v) is 8.67. The fourth-order valence-corrected chi connectivity index (χ4v) is 4.05. The van der Waals surface area contributed by atoms with Gasteiger partial charge in [-0.05, 0) is 49.3 Å². The van der Waals surface area contributed by atoms with Crippen LogP contribution in [0, 0.1) is 5.92 Å². The van der Waals surface area contributed by atoms with Crippen LogP contribution >= 0.6 is 0 Å². The Kier molecular flexibility index (Phi) is 7.07. The van der Waals surface area contributed by atoms with E-state index in [4.69, 9.17) is 0 Å². The summed E-state index contributed by atoms with van der Waals surface area (Å²) in [4.78, 5) is 0.404. The van der Waals surface area contributed by atoms with Gasteiger partial charge in [0.1, 0.15) is 0 Å². The topological polar surface area (TPSA) is 37.4 Å². The molecular weight excluding hydrogens is 294 g/mol. The lowest BCUT2D eigenvalue weighted by Gasteiger charge is -2.28. The van der Waals surface area contributed by atoms with Gasteiger partial charge in [-0.1, -0.05) is 46.8 Å². The number of nitrogens with zero attached hydrogens (tertiary/aromatic N) is 1. The van der Waals surface area contributed by atoms with Crippen LogP contribution in [-0.4, -0.2) is 25.3 Å². The van der Waals surface area contributed by atoms with Crippen LogP contribution in [0.1, 0.15) is 65.9 Å². The summed E-state index contributed by atoms with van der Waals surface area (Å²) in [7, 11) is -3.42. The second-order valence-electron chi connectivity index (χ2n) is 6.78. The zero-order valence-electron chi connectivity index (χ0n) is 14.8. The van der Waals surface area contributed by atoms with Crippen molar-refractivity contribution in [1.82, 2.24) is 4.31 Å². The second kappa shape index (κ2) is 8.11. The lowest BCUT2D eigenvalue weighted by atomic mass is 10.0. The molecule has 22 heavy (non-hydrogen) atoms. The zero-order chi connectivity index (χ0) is 16.9. The van der Waals surface area contributed by atoms with Crippen molar-refractivity contribution in [3.8, 4) is 0 Å². The molecule has 126 valence electrons. The lowest BCUT2D eigenvalue weighted by Crippen LogP contribution is -2.39. The van der Waals surface area contributed by atoms with E-state index in [2.05, 4.69) is 27.7 Å². The van der Waals surface area contributed by atoms with Crippen LogP contribution in [0.5, 0.6) is 0 Å². The van der Waals surface area contributed by atoms with E-state index in [1.807, 2.05) is 26.0 Å². The third-order valence-corrected chi connectivity index (χ3v) is 6.19. The highest BCUT2D eigenvalue weighted by atomic mass is 32.2. The molecule has 0 unspecified atom stereocenters. The Bertz CT molecular complexity index is 547. The van der Waals surface area contributed by atoms with Crippen molar-refractivity contribution in [2.45, 2.75) is 71.2 Å². The molecule has 3 nitrogen and oxygen atoms in total. The van der Waals surface area contributed by atoms with Gasteiger partial charge in [-0.25, -0.2) is 8.42 Å². The van der Waals surface area contributed by atoms with Crippen LogP contribution in [0.2, 0.25) is 0 Å². The molecule has 0 aliphatic heterocycles. The molecule has 0 saturated heterocycles. The number of rotatable bonds is 8. The third kappa shape index (κ3) is 4.82. The summed E-state index contributed by atoms with van der Waals surface area (Å²) in [5.41, 5.74) is 1.16. The van der Waals surface area contributed by atoms with Crippen molar-refractivity contribution in [3.63, 3.8) is 0 Å². The van der Waals surface area contributed by atoms with Crippen LogP contribution in [0.4, 0.5) is 0 Å². The highest BCUT2D eigenvalue weighted by molar-refractivity contribution is 7.89. The Morgan fingerprint density at radius 1 is 1.00 bits per heavy atom. The molecule has 0 aliphatic rings. The summed E-state index contributed by atoms with van der Waals surface area (Å²) in [6.45, 7) is 13.1. The smallest absolute Gasteiger partial charge is 0.207 e. The Balaban J connectivity index is 3.09. The Labute approximate surface area is 136 Å². The Hall–Kier alpha value is -0.870. The Morgan fingerprint density at radius 3 is 1.95 bits per heavy atom. The minimum absolute atomic E-state index is 0.0218. The van der Waals surface area contributed by atoms with E-state index >= 15 is 0 Å². The number of sulfonamides is 1. The molecule has 0 saturated carbocycles. The molecule has 0 radical (unpaired) electrons. The monoisotopic (exact) mass is 325 g/mol. The summed E-state index contributed by atoms with van der Waals surface area (Å²) >= 11 is 0. The van der Waals surface area contributed by atoms with Crippen molar-refractivity contribution in [2.24, 2.45) is 5.92 Å². The predicted molar refractivity (Wildman–Crippen MR) is 93.6 cm³/mol. The first-order valence-corrected chi connectivity index (χ1v) is 9.75. The van der Waals surface area contributed by atoms with E-state index in [1.54, 1.807) is 16.4 Å². The first-order chi connectivity index (χ1) is 10.2. The van der Waals surface area contributed by atoms with Gasteiger partial charge in [0.05, 0.1) is 4.90 Å². The fourth-order valence-electron chi connectivity index (χ4n) is 2.33. The van der Waals surface area contributed by atoms with Crippen molar-refractivity contribution >= 4 is 10.0 Å². The van der Waals surface area contributed by atoms with Gasteiger partial charge in [-0.2, -0.15) is 4.31 Å². The molecule has 0 aromatic heterocycles. The average molecular weight is 326 g/mol. The maximum absolute atomic E-state index is 13.0. The highest BCUT2D eigenvalue weighted by Gasteiger charge is 2.28. The van der Waals surface area contributed by atoms with Gasteiger partial charge >= 0.3 is 0 Å². The van der Waals surface area contributed by atoms with E-state index in [9.17, 15) is 8.42 Å². The lowest BCUT2D eigenvalue weighted by molar-refractivity contribution is 0.310. The molecule has 0 amide bonds. The zero-order valence-corrected chi connectivity index (χ0v) is 15.7. The molecular formula is C18H31NO2S. The van der Waals surface area contributed by atoms with Crippen molar-refractivity contribution < 1.29 is 8.42 Å². The van der Waals surface area contributed by atoms with E-state index in [1.165, 1.54) is 0 Å². The number of hydrogen-bond donors (Lipinski definition) is 0. The maximum Gasteiger partial charge on any atom is 0.243 e. The molecule has 0 spiro atoms. The SMILES string of the molecule is CC[C@H](C)N(CCC(C)C)S(=O)(=O)c1ccc(C(C)C)cc1. The average Bonchev–Trinajstić information content (AvgIpc) is 2.46. The molecule has 0 N–H and O–H groups in total. The van der Waals surface area contributed by atoms with E-state index in [0.717, 1.165) is 18.4 Å². The van der Waals surface area contributed by atoms with Crippen LogP contribution in [0.15, 0.2) is 29.2 Å². The molecule has 1 aromatic carbocycles. The largest absolute Gasteiger partial charge is 0.243 e. The fraction of sp³-hybridized carbons (Fsp3) is 0.667. The van der Waals surface area contributed by atoms with E-state index < -0.39 is 10.0 Å². The normalized spacial score (nSPS) is 14.0. The molecule has 0 bridgehead atoms. The number of benzene rings is 1. The van der Waals surface area contributed by atoms with E-state index in [-0.39, 0.29) is 6.04 Å². The van der Waals surface area contributed by atoms with Crippen LogP contribution in [0.3, 0.4) is 0 Å². The predicted octanol–water partition coefficient (Wildman–Crippen LogP) is 4.65. The molecule has 1 atom stereocenters. The van der Waals surface area contributed by atoms with Gasteiger partial charge in [-0.15, -0.1) is 0 Å². The van der Waals surface area contributed by atoms with Gasteiger partial charge in [0, 0.05) is 12.6 Å². The van der Waals surface area contributed by atoms with Crippen LogP contribution in [0.25, 0.3) is 0 Å². The summed E-state index contributed by atoms with van der Waals surface area (Å²) in [5.74, 6) is 0.897. The van der Waals surface area contributed by atoms with Gasteiger partial charge in [0.2, 0.25) is 10.0 Å². The molecule has 4 heteroatoms. The Morgan fingerprint density at radius 2 is 1.55 bits per heavy atom. The summed E-state index contributed by atoms with van der Waals surface area (Å²) < 4.78 is 27.6. The van der Waals surface area contributed by atoms with Crippen LogP contribution < -0.4 is 0 Å². The first-order valence-electron chi connectivity index (χ1n) is 8.31. The third-order valence-electron chi connectivity index (χ3n) is 4.16. The molecule has 1 rings (SSSR count). The van der Waals surface area contributed by atoms with Crippen molar-refractivity contribution in [2.75, 3.05) is 6.54 Å². The highest BCUT2D eigenvalue weighted by Crippen LogP contribution is 2.23. The summed E-state index contributed by atoms with van der Waals surface area (Å²) in [6.07, 6.45) is 1.70. The van der Waals surface area contributed by atoms with Gasteiger partial charge < -0.3 is 0 Å². The summed E-state index contributed by atoms with van der Waals surface area (Å²) in [5, 5.41) is 0. The molecule has 0 aliphatic carbocycles. The summed E-state index contributed by atoms with van der Waals surface area (Å²) in [6, 6.07) is 7.36. The molecule has 0 fully saturated rings. The molecule has 1 aromatic rings. The standard InChI is InChI=1S/C18H31NO2S/c1-7-16(6)19(13-12-14(2)3)22(20,21)18-10-8-17(9-11-18)15(4)5/h8-11,14-16H,7,12-13H2,1-6H3/t16-/m0/s1. The van der Waals surface area contributed by atoms with Crippen molar-refractivity contribution in [3.05, 3.63) is 29.8 Å². The minimum Gasteiger partial charge on any atom is -0.207 e.